The molecule has 0 aliphatic heterocycles. The van der Waals surface area contributed by atoms with E-state index in [1.807, 2.05) is 0 Å². The van der Waals surface area contributed by atoms with Crippen molar-refractivity contribution in [3.63, 3.8) is 0 Å². The summed E-state index contributed by atoms with van der Waals surface area (Å²) in [6.07, 6.45) is 1.06. The van der Waals surface area contributed by atoms with Crippen LogP contribution < -0.4 is 15.8 Å². The summed E-state index contributed by atoms with van der Waals surface area (Å²) in [6, 6.07) is 2.46. The Morgan fingerprint density at radius 1 is 1.41 bits per heavy atom. The van der Waals surface area contributed by atoms with Crippen LogP contribution in [0, 0.1) is 5.82 Å². The lowest BCUT2D eigenvalue weighted by Gasteiger charge is -2.10. The van der Waals surface area contributed by atoms with Gasteiger partial charge in [-0.25, -0.2) is 17.5 Å². The number of hydrogen-bond donors (Lipinski definition) is 3. The number of nitrogen functional groups attached to an aromatic ring is 1. The van der Waals surface area contributed by atoms with Crippen LogP contribution in [0.15, 0.2) is 12.1 Å². The number of rotatable bonds is 5. The summed E-state index contributed by atoms with van der Waals surface area (Å²) < 4.78 is 36.9. The highest BCUT2D eigenvalue weighted by atomic mass is 35.5. The molecule has 0 saturated heterocycles. The molecule has 0 spiro atoms. The summed E-state index contributed by atoms with van der Waals surface area (Å²) in [7, 11) is -3.22. The van der Waals surface area contributed by atoms with E-state index in [1.54, 1.807) is 0 Å². The maximum Gasteiger partial charge on any atom is 0.208 e. The van der Waals surface area contributed by atoms with E-state index in [1.165, 1.54) is 6.07 Å². The van der Waals surface area contributed by atoms with Crippen LogP contribution in [0.4, 0.5) is 15.8 Å². The van der Waals surface area contributed by atoms with Crippen molar-refractivity contribution in [2.45, 2.75) is 0 Å². The summed E-state index contributed by atoms with van der Waals surface area (Å²) in [5.41, 5.74) is 6.28. The molecule has 0 heterocycles. The largest absolute Gasteiger partial charge is 0.397 e. The Hall–Kier alpha value is -1.05. The third-order valence-corrected chi connectivity index (χ3v) is 2.92. The first-order valence-electron chi connectivity index (χ1n) is 4.72. The Morgan fingerprint density at radius 3 is 2.65 bits per heavy atom. The van der Waals surface area contributed by atoms with Gasteiger partial charge in [0.25, 0.3) is 0 Å². The van der Waals surface area contributed by atoms with Crippen LogP contribution >= 0.6 is 11.6 Å². The minimum Gasteiger partial charge on any atom is -0.397 e. The normalized spacial score (nSPS) is 11.5. The molecular formula is C9H13ClFN3O2S. The first-order valence-corrected chi connectivity index (χ1v) is 6.99. The lowest BCUT2D eigenvalue weighted by Crippen LogP contribution is -2.27. The number of nitrogens with two attached hydrogens (primary N) is 1. The monoisotopic (exact) mass is 281 g/mol. The van der Waals surface area contributed by atoms with E-state index in [-0.39, 0.29) is 11.6 Å². The maximum atomic E-state index is 13.1. The average Bonchev–Trinajstić information content (AvgIpc) is 2.18. The number of hydrogen-bond acceptors (Lipinski definition) is 4. The van der Waals surface area contributed by atoms with Gasteiger partial charge in [0.05, 0.1) is 22.7 Å². The fraction of sp³-hybridized carbons (Fsp3) is 0.333. The van der Waals surface area contributed by atoms with Crippen LogP contribution in [0.5, 0.6) is 0 Å². The third-order valence-electron chi connectivity index (χ3n) is 1.90. The second kappa shape index (κ2) is 5.52. The standard InChI is InChI=1S/C9H13ClFN3O2S/c1-17(15,16)14-3-2-13-9-5-7(11)6(10)4-8(9)12/h4-5,13-14H,2-3,12H2,1H3. The van der Waals surface area contributed by atoms with E-state index in [4.69, 9.17) is 17.3 Å². The van der Waals surface area contributed by atoms with Crippen molar-refractivity contribution in [2.75, 3.05) is 30.4 Å². The van der Waals surface area contributed by atoms with Gasteiger partial charge in [0.1, 0.15) is 5.82 Å². The first kappa shape index (κ1) is 14.0. The van der Waals surface area contributed by atoms with Crippen molar-refractivity contribution in [3.05, 3.63) is 23.0 Å². The Balaban J connectivity index is 2.55. The summed E-state index contributed by atoms with van der Waals surface area (Å²) >= 11 is 5.53. The van der Waals surface area contributed by atoms with Crippen molar-refractivity contribution in [1.82, 2.24) is 4.72 Å². The van der Waals surface area contributed by atoms with Crippen molar-refractivity contribution < 1.29 is 12.8 Å². The van der Waals surface area contributed by atoms with E-state index >= 15 is 0 Å². The molecular weight excluding hydrogens is 269 g/mol. The molecule has 17 heavy (non-hydrogen) atoms. The third kappa shape index (κ3) is 4.76. The van der Waals surface area contributed by atoms with Gasteiger partial charge in [0.15, 0.2) is 0 Å². The highest BCUT2D eigenvalue weighted by Crippen LogP contribution is 2.25. The number of halogens is 2. The van der Waals surface area contributed by atoms with E-state index in [0.29, 0.717) is 17.9 Å². The van der Waals surface area contributed by atoms with Crippen LogP contribution in [0.3, 0.4) is 0 Å². The van der Waals surface area contributed by atoms with Gasteiger partial charge in [0.2, 0.25) is 10.0 Å². The van der Waals surface area contributed by atoms with Crippen molar-refractivity contribution in [1.29, 1.82) is 0 Å². The molecule has 8 heteroatoms. The zero-order valence-corrected chi connectivity index (χ0v) is 10.7. The SMILES string of the molecule is CS(=O)(=O)NCCNc1cc(F)c(Cl)cc1N. The summed E-state index contributed by atoms with van der Waals surface area (Å²) in [4.78, 5) is 0. The Labute approximate surface area is 104 Å². The van der Waals surface area contributed by atoms with Crippen LogP contribution in [-0.4, -0.2) is 27.8 Å². The van der Waals surface area contributed by atoms with Crippen molar-refractivity contribution in [3.8, 4) is 0 Å². The molecule has 0 bridgehead atoms. The molecule has 0 saturated carbocycles. The predicted molar refractivity (Wildman–Crippen MR) is 67.2 cm³/mol. The Morgan fingerprint density at radius 2 is 2.06 bits per heavy atom. The fourth-order valence-electron chi connectivity index (χ4n) is 1.15. The van der Waals surface area contributed by atoms with Gasteiger partial charge in [-0.2, -0.15) is 0 Å². The lowest BCUT2D eigenvalue weighted by molar-refractivity contribution is 0.589. The highest BCUT2D eigenvalue weighted by molar-refractivity contribution is 7.88. The summed E-state index contributed by atoms with van der Waals surface area (Å²) in [5.74, 6) is -0.584. The number of sulfonamides is 1. The number of anilines is 2. The average molecular weight is 282 g/mol. The molecule has 0 unspecified atom stereocenters. The van der Waals surface area contributed by atoms with E-state index in [2.05, 4.69) is 10.0 Å². The topological polar surface area (TPSA) is 84.2 Å². The molecule has 4 N–H and O–H groups in total. The molecule has 0 radical (unpaired) electrons. The van der Waals surface area contributed by atoms with Gasteiger partial charge in [0, 0.05) is 19.2 Å². The molecule has 96 valence electrons. The maximum absolute atomic E-state index is 13.1. The molecule has 1 aromatic carbocycles. The zero-order chi connectivity index (χ0) is 13.1. The van der Waals surface area contributed by atoms with Gasteiger partial charge in [-0.05, 0) is 6.07 Å². The van der Waals surface area contributed by atoms with Gasteiger partial charge < -0.3 is 11.1 Å². The van der Waals surface area contributed by atoms with E-state index < -0.39 is 15.8 Å². The zero-order valence-electron chi connectivity index (χ0n) is 9.13. The smallest absolute Gasteiger partial charge is 0.208 e. The molecule has 0 aliphatic rings. The molecule has 1 rings (SSSR count). The van der Waals surface area contributed by atoms with Crippen molar-refractivity contribution >= 4 is 33.0 Å². The number of benzene rings is 1. The van der Waals surface area contributed by atoms with Gasteiger partial charge in [-0.3, -0.25) is 0 Å². The molecule has 0 fully saturated rings. The molecule has 0 aliphatic carbocycles. The molecule has 0 atom stereocenters. The predicted octanol–water partition coefficient (Wildman–Crippen LogP) is 1.02. The van der Waals surface area contributed by atoms with Crippen molar-refractivity contribution in [2.24, 2.45) is 0 Å². The van der Waals surface area contributed by atoms with E-state index in [0.717, 1.165) is 12.3 Å². The second-order valence-corrected chi connectivity index (χ2v) is 5.69. The number of nitrogens with one attached hydrogen (secondary N) is 2. The minimum atomic E-state index is -3.22. The Kier molecular flexibility index (Phi) is 4.55. The van der Waals surface area contributed by atoms with Crippen LogP contribution in [0.1, 0.15) is 0 Å². The van der Waals surface area contributed by atoms with Crippen LogP contribution in [-0.2, 0) is 10.0 Å². The highest BCUT2D eigenvalue weighted by Gasteiger charge is 2.06. The first-order chi connectivity index (χ1) is 7.79. The lowest BCUT2D eigenvalue weighted by atomic mass is 10.2. The van der Waals surface area contributed by atoms with Gasteiger partial charge >= 0.3 is 0 Å². The second-order valence-electron chi connectivity index (χ2n) is 3.45. The molecule has 0 aromatic heterocycles. The molecule has 0 amide bonds. The Bertz CT molecular complexity index is 507. The van der Waals surface area contributed by atoms with E-state index in [9.17, 15) is 12.8 Å². The van der Waals surface area contributed by atoms with Gasteiger partial charge in [-0.15, -0.1) is 0 Å². The summed E-state index contributed by atoms with van der Waals surface area (Å²) in [6.45, 7) is 0.473. The molecule has 5 nitrogen and oxygen atoms in total. The summed E-state index contributed by atoms with van der Waals surface area (Å²) in [5, 5.41) is 2.75. The van der Waals surface area contributed by atoms with Gasteiger partial charge in [-0.1, -0.05) is 11.6 Å². The van der Waals surface area contributed by atoms with Crippen LogP contribution in [0.25, 0.3) is 0 Å². The fourth-order valence-corrected chi connectivity index (χ4v) is 1.79. The van der Waals surface area contributed by atoms with Crippen LogP contribution in [0.2, 0.25) is 5.02 Å². The minimum absolute atomic E-state index is 0.0534. The molecule has 1 aromatic rings. The quantitative estimate of drug-likeness (QED) is 0.556.